The Kier molecular flexibility index (Phi) is 7.96. The van der Waals surface area contributed by atoms with Crippen LogP contribution in [0.1, 0.15) is 31.4 Å². The first-order valence-corrected chi connectivity index (χ1v) is 13.0. The molecule has 0 unspecified atom stereocenters. The summed E-state index contributed by atoms with van der Waals surface area (Å²) in [6.07, 6.45) is 3.07. The number of aliphatic hydroxyl groups is 1. The molecule has 2 amide bonds. The summed E-state index contributed by atoms with van der Waals surface area (Å²) in [5.41, 5.74) is 1.72. The molecule has 1 aromatic heterocycles. The van der Waals surface area contributed by atoms with Gasteiger partial charge in [-0.2, -0.15) is 0 Å². The maximum Gasteiger partial charge on any atom is 0.319 e. The highest BCUT2D eigenvalue weighted by atomic mass is 32.2. The topological polar surface area (TPSA) is 134 Å². The third-order valence-electron chi connectivity index (χ3n) is 6.35. The number of nitrogens with one attached hydrogen (secondary N) is 2. The van der Waals surface area contributed by atoms with E-state index in [0.717, 1.165) is 36.3 Å². The van der Waals surface area contributed by atoms with Crippen LogP contribution in [0.5, 0.6) is 0 Å². The third kappa shape index (κ3) is 5.83. The van der Waals surface area contributed by atoms with Crippen LogP contribution in [0.15, 0.2) is 30.3 Å². The molecule has 1 aliphatic heterocycles. The molecule has 1 saturated heterocycles. The van der Waals surface area contributed by atoms with Crippen LogP contribution in [0.3, 0.4) is 0 Å². The Morgan fingerprint density at radius 2 is 1.88 bits per heavy atom. The summed E-state index contributed by atoms with van der Waals surface area (Å²) in [4.78, 5) is 23.7. The van der Waals surface area contributed by atoms with Crippen molar-refractivity contribution >= 4 is 28.2 Å². The van der Waals surface area contributed by atoms with Crippen molar-refractivity contribution in [2.75, 3.05) is 55.4 Å². The molecule has 2 fully saturated rings. The number of carbonyl (C=O) groups is 1. The number of hydrogen-bond donors (Lipinski definition) is 4. The molecule has 0 atom stereocenters. The Morgan fingerprint density at radius 1 is 1.15 bits per heavy atom. The second kappa shape index (κ2) is 11.1. The molecule has 184 valence electrons. The lowest BCUT2D eigenvalue weighted by Gasteiger charge is -2.40. The fourth-order valence-electron chi connectivity index (χ4n) is 4.29. The van der Waals surface area contributed by atoms with Crippen LogP contribution in [0, 0.1) is 0 Å². The van der Waals surface area contributed by atoms with Gasteiger partial charge in [0.05, 0.1) is 24.7 Å². The number of rotatable bonds is 9. The van der Waals surface area contributed by atoms with Crippen molar-refractivity contribution in [3.8, 4) is 11.4 Å². The Morgan fingerprint density at radius 3 is 2.50 bits per heavy atom. The highest BCUT2D eigenvalue weighted by Crippen LogP contribution is 2.44. The summed E-state index contributed by atoms with van der Waals surface area (Å²) in [5.74, 6) is 1.40. The van der Waals surface area contributed by atoms with Crippen molar-refractivity contribution in [2.24, 2.45) is 0 Å². The minimum atomic E-state index is -2.53. The second-order valence-electron chi connectivity index (χ2n) is 8.69. The zero-order chi connectivity index (χ0) is 24.0. The van der Waals surface area contributed by atoms with E-state index in [-0.39, 0.29) is 18.4 Å². The van der Waals surface area contributed by atoms with Crippen molar-refractivity contribution in [2.45, 2.75) is 31.1 Å². The van der Waals surface area contributed by atoms with Gasteiger partial charge in [-0.1, -0.05) is 6.42 Å². The molecule has 0 spiro atoms. The number of nitrogens with zero attached hydrogens (tertiary/aromatic N) is 3. The molecule has 11 heteroatoms. The Hall–Kier alpha value is -2.76. The minimum absolute atomic E-state index is 0.0209. The predicted molar refractivity (Wildman–Crippen MR) is 130 cm³/mol. The Balaban J connectivity index is 1.61. The van der Waals surface area contributed by atoms with Crippen LogP contribution in [0.4, 0.5) is 16.3 Å². The molecule has 1 saturated carbocycles. The SMILES string of the molecule is O=C(NCCCO)Nc1ccc(-c2nc(N3CCOCC3)cc(C3(C[SH](=O)=O)CCC3)n2)cc1. The number of anilines is 2. The molecule has 3 N–H and O–H groups in total. The van der Waals surface area contributed by atoms with Gasteiger partial charge in [0.15, 0.2) is 5.82 Å². The summed E-state index contributed by atoms with van der Waals surface area (Å²) in [6, 6.07) is 8.84. The van der Waals surface area contributed by atoms with Crippen molar-refractivity contribution in [3.05, 3.63) is 36.0 Å². The quantitative estimate of drug-likeness (QED) is 0.308. The van der Waals surface area contributed by atoms with E-state index in [0.29, 0.717) is 50.8 Å². The summed E-state index contributed by atoms with van der Waals surface area (Å²) in [6.45, 7) is 3.08. The first-order chi connectivity index (χ1) is 16.5. The van der Waals surface area contributed by atoms with E-state index in [1.54, 1.807) is 12.1 Å². The molecule has 2 aliphatic rings. The minimum Gasteiger partial charge on any atom is -0.396 e. The van der Waals surface area contributed by atoms with Crippen LogP contribution < -0.4 is 15.5 Å². The number of aromatic nitrogens is 2. The summed E-state index contributed by atoms with van der Waals surface area (Å²) < 4.78 is 28.8. The average molecular weight is 490 g/mol. The van der Waals surface area contributed by atoms with Crippen LogP contribution >= 0.6 is 0 Å². The van der Waals surface area contributed by atoms with Gasteiger partial charge in [-0.05, 0) is 43.5 Å². The zero-order valence-electron chi connectivity index (χ0n) is 19.0. The number of urea groups is 1. The van der Waals surface area contributed by atoms with Crippen molar-refractivity contribution in [3.63, 3.8) is 0 Å². The second-order valence-corrected chi connectivity index (χ2v) is 9.68. The van der Waals surface area contributed by atoms with Crippen LogP contribution in [-0.4, -0.2) is 74.7 Å². The fraction of sp³-hybridized carbons (Fsp3) is 0.522. The number of aliphatic hydroxyl groups excluding tert-OH is 1. The highest BCUT2D eigenvalue weighted by Gasteiger charge is 2.41. The Bertz CT molecular complexity index is 1060. The summed E-state index contributed by atoms with van der Waals surface area (Å²) >= 11 is 0. The van der Waals surface area contributed by atoms with Gasteiger partial charge in [-0.25, -0.2) is 23.2 Å². The van der Waals surface area contributed by atoms with Gasteiger partial charge in [-0.3, -0.25) is 0 Å². The number of ether oxygens (including phenoxy) is 1. The molecule has 2 heterocycles. The maximum absolute atomic E-state index is 12.0. The molecule has 0 bridgehead atoms. The first kappa shape index (κ1) is 24.4. The fourth-order valence-corrected chi connectivity index (χ4v) is 5.27. The van der Waals surface area contributed by atoms with Gasteiger partial charge in [0.25, 0.3) is 0 Å². The van der Waals surface area contributed by atoms with Gasteiger partial charge in [0, 0.05) is 49.0 Å². The smallest absolute Gasteiger partial charge is 0.319 e. The van der Waals surface area contributed by atoms with E-state index in [4.69, 9.17) is 19.8 Å². The molecule has 2 aromatic rings. The lowest BCUT2D eigenvalue weighted by molar-refractivity contribution is 0.122. The first-order valence-electron chi connectivity index (χ1n) is 11.6. The molecular weight excluding hydrogens is 458 g/mol. The van der Waals surface area contributed by atoms with E-state index in [1.807, 2.05) is 18.2 Å². The molecule has 10 nitrogen and oxygen atoms in total. The largest absolute Gasteiger partial charge is 0.396 e. The number of amides is 2. The number of thiol groups is 1. The third-order valence-corrected chi connectivity index (χ3v) is 7.22. The van der Waals surface area contributed by atoms with Crippen molar-refractivity contribution < 1.29 is 23.1 Å². The normalized spacial score (nSPS) is 17.3. The molecule has 1 aliphatic carbocycles. The highest BCUT2D eigenvalue weighted by molar-refractivity contribution is 7.72. The van der Waals surface area contributed by atoms with Gasteiger partial charge in [-0.15, -0.1) is 0 Å². The van der Waals surface area contributed by atoms with Gasteiger partial charge < -0.3 is 25.4 Å². The molecule has 4 rings (SSSR count). The van der Waals surface area contributed by atoms with E-state index >= 15 is 0 Å². The van der Waals surface area contributed by atoms with E-state index in [1.165, 1.54) is 0 Å². The standard InChI is InChI=1S/C23H31N5O5S/c29-12-2-9-24-22(30)25-18-5-3-17(4-6-18)21-26-19(23(7-1-8-23)16-34(31)32)15-20(27-21)28-10-13-33-14-11-28/h3-6,15,29,34H,1-2,7-14,16H2,(H2,24,25,30). The molecule has 34 heavy (non-hydrogen) atoms. The van der Waals surface area contributed by atoms with Crippen molar-refractivity contribution in [1.29, 1.82) is 0 Å². The monoisotopic (exact) mass is 489 g/mol. The van der Waals surface area contributed by atoms with Crippen LogP contribution in [0.2, 0.25) is 0 Å². The van der Waals surface area contributed by atoms with Crippen molar-refractivity contribution in [1.82, 2.24) is 15.3 Å². The lowest BCUT2D eigenvalue weighted by atomic mass is 9.68. The summed E-state index contributed by atoms with van der Waals surface area (Å²) in [7, 11) is -2.53. The van der Waals surface area contributed by atoms with E-state index < -0.39 is 16.1 Å². The molecular formula is C23H31N5O5S. The van der Waals surface area contributed by atoms with Gasteiger partial charge in [0.1, 0.15) is 16.5 Å². The predicted octanol–water partition coefficient (Wildman–Crippen LogP) is 1.52. The lowest BCUT2D eigenvalue weighted by Crippen LogP contribution is -2.41. The number of morpholine rings is 1. The number of hydrogen-bond acceptors (Lipinski definition) is 8. The zero-order valence-corrected chi connectivity index (χ0v) is 19.9. The van der Waals surface area contributed by atoms with Gasteiger partial charge >= 0.3 is 6.03 Å². The average Bonchev–Trinajstić information content (AvgIpc) is 2.82. The number of benzene rings is 1. The Labute approximate surface area is 200 Å². The van der Waals surface area contributed by atoms with Crippen LogP contribution in [0.25, 0.3) is 11.4 Å². The van der Waals surface area contributed by atoms with Gasteiger partial charge in [0.2, 0.25) is 0 Å². The maximum atomic E-state index is 12.0. The summed E-state index contributed by atoms with van der Waals surface area (Å²) in [5, 5.41) is 14.3. The molecule has 1 aromatic carbocycles. The van der Waals surface area contributed by atoms with Crippen LogP contribution in [-0.2, 0) is 20.9 Å². The number of carbonyl (C=O) groups excluding carboxylic acids is 1. The van der Waals surface area contributed by atoms with E-state index in [2.05, 4.69) is 15.5 Å². The van der Waals surface area contributed by atoms with E-state index in [9.17, 15) is 13.2 Å². The molecule has 0 radical (unpaired) electrons.